The fraction of sp³-hybridized carbons (Fsp3) is 0.500. The minimum absolute atomic E-state index is 0.0522. The summed E-state index contributed by atoms with van der Waals surface area (Å²) in [6.45, 7) is 4.65. The van der Waals surface area contributed by atoms with E-state index in [1.807, 2.05) is 50.1 Å². The quantitative estimate of drug-likeness (QED) is 0.902. The molecule has 1 aliphatic heterocycles. The normalized spacial score (nSPS) is 23.7. The van der Waals surface area contributed by atoms with E-state index < -0.39 is 6.04 Å². The summed E-state index contributed by atoms with van der Waals surface area (Å²) >= 11 is 3.40. The van der Waals surface area contributed by atoms with E-state index in [9.17, 15) is 9.90 Å². The Hall–Kier alpha value is -0.910. The molecule has 1 aliphatic rings. The van der Waals surface area contributed by atoms with Gasteiger partial charge in [0.15, 0.2) is 0 Å². The van der Waals surface area contributed by atoms with E-state index in [0.717, 1.165) is 16.7 Å². The first-order valence-electron chi connectivity index (χ1n) is 6.27. The maximum atomic E-state index is 12.6. The summed E-state index contributed by atoms with van der Waals surface area (Å²) in [7, 11) is 1.87. The van der Waals surface area contributed by atoms with Crippen molar-refractivity contribution in [3.05, 3.63) is 28.7 Å². The molecule has 2 rings (SSSR count). The van der Waals surface area contributed by atoms with Crippen LogP contribution in [-0.4, -0.2) is 47.7 Å². The number of nitrogens with zero attached hydrogens (tertiary/aromatic N) is 2. The number of amides is 1. The molecular weight excluding hydrogens is 308 g/mol. The molecule has 1 aromatic carbocycles. The van der Waals surface area contributed by atoms with Crippen molar-refractivity contribution in [3.63, 3.8) is 0 Å². The van der Waals surface area contributed by atoms with Gasteiger partial charge in [0.25, 0.3) is 0 Å². The van der Waals surface area contributed by atoms with Gasteiger partial charge in [-0.3, -0.25) is 9.69 Å². The van der Waals surface area contributed by atoms with Crippen molar-refractivity contribution in [2.75, 3.05) is 25.1 Å². The number of hydrogen-bond donors (Lipinski definition) is 1. The van der Waals surface area contributed by atoms with E-state index in [-0.39, 0.29) is 18.1 Å². The summed E-state index contributed by atoms with van der Waals surface area (Å²) in [4.78, 5) is 16.3. The summed E-state index contributed by atoms with van der Waals surface area (Å²) in [6, 6.07) is 7.22. The van der Waals surface area contributed by atoms with Crippen LogP contribution in [0.1, 0.15) is 13.8 Å². The van der Waals surface area contributed by atoms with Gasteiger partial charge in [-0.1, -0.05) is 15.9 Å². The Morgan fingerprint density at radius 1 is 1.37 bits per heavy atom. The zero-order valence-electron chi connectivity index (χ0n) is 11.4. The van der Waals surface area contributed by atoms with Crippen molar-refractivity contribution in [2.24, 2.45) is 0 Å². The van der Waals surface area contributed by atoms with Crippen molar-refractivity contribution < 1.29 is 9.90 Å². The highest BCUT2D eigenvalue weighted by molar-refractivity contribution is 9.10. The standard InChI is InChI=1S/C14H19BrN2O2/c1-14(2)9-16(3)12(8-18)13(19)17(14)11-6-4-10(15)5-7-11/h4-7,12,18H,8-9H2,1-3H3. The summed E-state index contributed by atoms with van der Waals surface area (Å²) in [5.74, 6) is -0.0522. The lowest BCUT2D eigenvalue weighted by atomic mass is 9.94. The molecule has 1 heterocycles. The molecule has 1 aromatic rings. The average molecular weight is 327 g/mol. The third-order valence-corrected chi connectivity index (χ3v) is 4.07. The fourth-order valence-electron chi connectivity index (χ4n) is 2.71. The molecule has 1 amide bonds. The molecule has 1 N–H and O–H groups in total. The van der Waals surface area contributed by atoms with Gasteiger partial charge >= 0.3 is 0 Å². The zero-order chi connectivity index (χ0) is 14.2. The molecule has 104 valence electrons. The molecule has 0 aromatic heterocycles. The van der Waals surface area contributed by atoms with E-state index >= 15 is 0 Å². The van der Waals surface area contributed by atoms with E-state index in [4.69, 9.17) is 0 Å². The summed E-state index contributed by atoms with van der Waals surface area (Å²) < 4.78 is 0.981. The van der Waals surface area contributed by atoms with E-state index in [1.165, 1.54) is 0 Å². The van der Waals surface area contributed by atoms with E-state index in [0.29, 0.717) is 0 Å². The number of carbonyl (C=O) groups excluding carboxylic acids is 1. The molecule has 4 nitrogen and oxygen atoms in total. The van der Waals surface area contributed by atoms with Crippen LogP contribution in [0.5, 0.6) is 0 Å². The highest BCUT2D eigenvalue weighted by Crippen LogP contribution is 2.31. The topological polar surface area (TPSA) is 43.8 Å². The number of rotatable bonds is 2. The lowest BCUT2D eigenvalue weighted by Crippen LogP contribution is -2.66. The van der Waals surface area contributed by atoms with Crippen LogP contribution < -0.4 is 4.90 Å². The second kappa shape index (κ2) is 5.23. The van der Waals surface area contributed by atoms with E-state index in [1.54, 1.807) is 4.90 Å². The first kappa shape index (κ1) is 14.5. The largest absolute Gasteiger partial charge is 0.394 e. The van der Waals surface area contributed by atoms with Crippen LogP contribution in [0.4, 0.5) is 5.69 Å². The van der Waals surface area contributed by atoms with Gasteiger partial charge < -0.3 is 10.0 Å². The third kappa shape index (κ3) is 2.68. The van der Waals surface area contributed by atoms with Crippen molar-refractivity contribution in [2.45, 2.75) is 25.4 Å². The SMILES string of the molecule is CN1CC(C)(C)N(c2ccc(Br)cc2)C(=O)C1CO. The number of benzene rings is 1. The number of aliphatic hydroxyl groups excluding tert-OH is 1. The van der Waals surface area contributed by atoms with Crippen molar-refractivity contribution >= 4 is 27.5 Å². The Balaban J connectivity index is 2.40. The first-order chi connectivity index (χ1) is 8.86. The number of likely N-dealkylation sites (N-methyl/N-ethyl adjacent to an activating group) is 1. The number of hydrogen-bond acceptors (Lipinski definition) is 3. The zero-order valence-corrected chi connectivity index (χ0v) is 13.0. The van der Waals surface area contributed by atoms with Gasteiger partial charge in [-0.2, -0.15) is 0 Å². The lowest BCUT2D eigenvalue weighted by molar-refractivity contribution is -0.129. The monoisotopic (exact) mass is 326 g/mol. The Labute approximate surface area is 122 Å². The highest BCUT2D eigenvalue weighted by atomic mass is 79.9. The van der Waals surface area contributed by atoms with Gasteiger partial charge in [0.05, 0.1) is 12.1 Å². The van der Waals surface area contributed by atoms with Crippen LogP contribution in [0.3, 0.4) is 0 Å². The predicted molar refractivity (Wildman–Crippen MR) is 79.2 cm³/mol. The maximum absolute atomic E-state index is 12.6. The molecular formula is C14H19BrN2O2. The molecule has 0 aliphatic carbocycles. The van der Waals surface area contributed by atoms with Crippen LogP contribution in [0, 0.1) is 0 Å². The molecule has 19 heavy (non-hydrogen) atoms. The molecule has 5 heteroatoms. The van der Waals surface area contributed by atoms with Gasteiger partial charge in [-0.25, -0.2) is 0 Å². The number of aliphatic hydroxyl groups is 1. The molecule has 0 radical (unpaired) electrons. The number of anilines is 1. The smallest absolute Gasteiger partial charge is 0.247 e. The Morgan fingerprint density at radius 2 is 1.95 bits per heavy atom. The van der Waals surface area contributed by atoms with Gasteiger partial charge in [0.1, 0.15) is 6.04 Å². The lowest BCUT2D eigenvalue weighted by Gasteiger charge is -2.49. The van der Waals surface area contributed by atoms with Gasteiger partial charge in [-0.15, -0.1) is 0 Å². The minimum atomic E-state index is -0.461. The predicted octanol–water partition coefficient (Wildman–Crippen LogP) is 1.87. The number of carbonyl (C=O) groups is 1. The van der Waals surface area contributed by atoms with Crippen LogP contribution in [0.25, 0.3) is 0 Å². The molecule has 0 saturated carbocycles. The van der Waals surface area contributed by atoms with Gasteiger partial charge in [0.2, 0.25) is 5.91 Å². The second-order valence-electron chi connectivity index (χ2n) is 5.58. The number of halogens is 1. The Bertz CT molecular complexity index is 473. The molecule has 1 fully saturated rings. The van der Waals surface area contributed by atoms with Crippen molar-refractivity contribution in [1.82, 2.24) is 4.90 Å². The summed E-state index contributed by atoms with van der Waals surface area (Å²) in [5.41, 5.74) is 0.565. The molecule has 1 unspecified atom stereocenters. The van der Waals surface area contributed by atoms with Crippen LogP contribution in [-0.2, 0) is 4.79 Å². The average Bonchev–Trinajstić information content (AvgIpc) is 2.30. The molecule has 1 atom stereocenters. The molecule has 0 spiro atoms. The van der Waals surface area contributed by atoms with Crippen LogP contribution in [0.2, 0.25) is 0 Å². The Kier molecular flexibility index (Phi) is 3.99. The molecule has 0 bridgehead atoms. The summed E-state index contributed by atoms with van der Waals surface area (Å²) in [5, 5.41) is 9.41. The van der Waals surface area contributed by atoms with Crippen molar-refractivity contribution in [3.8, 4) is 0 Å². The minimum Gasteiger partial charge on any atom is -0.394 e. The Morgan fingerprint density at radius 3 is 2.47 bits per heavy atom. The third-order valence-electron chi connectivity index (χ3n) is 3.54. The maximum Gasteiger partial charge on any atom is 0.247 e. The van der Waals surface area contributed by atoms with Gasteiger partial charge in [0, 0.05) is 16.7 Å². The second-order valence-corrected chi connectivity index (χ2v) is 6.49. The van der Waals surface area contributed by atoms with Crippen molar-refractivity contribution in [1.29, 1.82) is 0 Å². The highest BCUT2D eigenvalue weighted by Gasteiger charge is 2.43. The van der Waals surface area contributed by atoms with Gasteiger partial charge in [-0.05, 0) is 45.2 Å². The summed E-state index contributed by atoms with van der Waals surface area (Å²) in [6.07, 6.45) is 0. The first-order valence-corrected chi connectivity index (χ1v) is 7.07. The van der Waals surface area contributed by atoms with Crippen LogP contribution >= 0.6 is 15.9 Å². The number of piperazine rings is 1. The fourth-order valence-corrected chi connectivity index (χ4v) is 2.98. The van der Waals surface area contributed by atoms with E-state index in [2.05, 4.69) is 15.9 Å². The molecule has 1 saturated heterocycles. The van der Waals surface area contributed by atoms with Crippen LogP contribution in [0.15, 0.2) is 28.7 Å².